The molecule has 0 saturated carbocycles. The predicted molar refractivity (Wildman–Crippen MR) is 144 cm³/mol. The van der Waals surface area contributed by atoms with E-state index < -0.39 is 0 Å². The summed E-state index contributed by atoms with van der Waals surface area (Å²) in [4.78, 5) is 35.0. The van der Waals surface area contributed by atoms with Crippen molar-refractivity contribution >= 4 is 35.0 Å². The van der Waals surface area contributed by atoms with Crippen LogP contribution >= 0.6 is 11.6 Å². The fourth-order valence-corrected chi connectivity index (χ4v) is 5.58. The number of likely N-dealkylation sites (tertiary alicyclic amines) is 1. The van der Waals surface area contributed by atoms with E-state index in [1.54, 1.807) is 9.80 Å². The van der Waals surface area contributed by atoms with Gasteiger partial charge in [0.25, 0.3) is 0 Å². The molecule has 0 spiro atoms. The zero-order valence-corrected chi connectivity index (χ0v) is 21.2. The van der Waals surface area contributed by atoms with Crippen LogP contribution in [0, 0.1) is 0 Å². The number of piperazine rings is 1. The molecule has 2 fully saturated rings. The molecule has 2 aliphatic heterocycles. The van der Waals surface area contributed by atoms with Crippen LogP contribution in [0.4, 0.5) is 21.0 Å². The lowest BCUT2D eigenvalue weighted by atomic mass is 9.91. The third-order valence-electron chi connectivity index (χ3n) is 7.13. The number of halogens is 1. The van der Waals surface area contributed by atoms with Crippen LogP contribution in [0.1, 0.15) is 24.8 Å². The van der Waals surface area contributed by atoms with E-state index in [1.807, 2.05) is 102 Å². The largest absolute Gasteiger partial charge is 0.329 e. The lowest BCUT2D eigenvalue weighted by molar-refractivity contribution is 0.0237. The van der Waals surface area contributed by atoms with Crippen molar-refractivity contribution < 1.29 is 9.59 Å². The molecule has 2 bridgehead atoms. The Bertz CT molecular complexity index is 1150. The number of benzene rings is 3. The topological polar surface area (TPSA) is 47.1 Å². The molecule has 2 atom stereocenters. The number of nitrogens with zero attached hydrogens (tertiary/aromatic N) is 4. The maximum absolute atomic E-state index is 13.9. The summed E-state index contributed by atoms with van der Waals surface area (Å²) >= 11 is 6.34. The molecule has 3 aromatic rings. The number of piperidine rings is 1. The Labute approximate surface area is 217 Å². The van der Waals surface area contributed by atoms with Crippen LogP contribution in [0.2, 0.25) is 5.02 Å². The Hall–Kier alpha value is -3.51. The molecule has 2 heterocycles. The number of para-hydroxylation sites is 2. The van der Waals surface area contributed by atoms with Crippen molar-refractivity contribution in [1.29, 1.82) is 0 Å². The summed E-state index contributed by atoms with van der Waals surface area (Å²) < 4.78 is 0. The standard InChI is InChI=1S/C29H31ClN4O2/c1-31(19-22-11-8-9-18-27(22)30)28(35)34-25-16-10-17-26(34)21-32(20-25)29(36)33(23-12-4-2-5-13-23)24-14-6-3-7-15-24/h2-9,11-15,18,25-26H,10,16-17,19-21H2,1H3/t25-,26+. The number of amides is 4. The van der Waals surface area contributed by atoms with E-state index in [4.69, 9.17) is 11.6 Å². The fraction of sp³-hybridized carbons (Fsp3) is 0.310. The molecule has 2 saturated heterocycles. The summed E-state index contributed by atoms with van der Waals surface area (Å²) in [5.41, 5.74) is 2.59. The summed E-state index contributed by atoms with van der Waals surface area (Å²) in [5, 5.41) is 0.662. The molecule has 5 rings (SSSR count). The molecule has 6 nitrogen and oxygen atoms in total. The Balaban J connectivity index is 1.35. The van der Waals surface area contributed by atoms with E-state index in [0.717, 1.165) is 36.2 Å². The van der Waals surface area contributed by atoms with Gasteiger partial charge in [0, 0.05) is 31.7 Å². The number of anilines is 2. The second kappa shape index (κ2) is 10.6. The minimum atomic E-state index is -0.0548. The smallest absolute Gasteiger partial charge is 0.323 e. The Morgan fingerprint density at radius 1 is 0.806 bits per heavy atom. The SMILES string of the molecule is CN(Cc1ccccc1Cl)C(=O)N1[C@@H]2CCC[C@H]1CN(C(=O)N(c1ccccc1)c1ccccc1)C2. The minimum absolute atomic E-state index is 0.000284. The van der Waals surface area contributed by atoms with Crippen molar-refractivity contribution in [2.24, 2.45) is 0 Å². The number of carbonyl (C=O) groups excluding carboxylic acids is 2. The Morgan fingerprint density at radius 2 is 1.33 bits per heavy atom. The third kappa shape index (κ3) is 4.91. The van der Waals surface area contributed by atoms with E-state index in [1.165, 1.54) is 0 Å². The lowest BCUT2D eigenvalue weighted by Crippen LogP contribution is -2.66. The first-order chi connectivity index (χ1) is 17.5. The summed E-state index contributed by atoms with van der Waals surface area (Å²) in [6, 6.07) is 27.0. The van der Waals surface area contributed by atoms with Gasteiger partial charge >= 0.3 is 12.1 Å². The maximum Gasteiger partial charge on any atom is 0.329 e. The average molecular weight is 503 g/mol. The Morgan fingerprint density at radius 3 is 1.89 bits per heavy atom. The van der Waals surface area contributed by atoms with Crippen molar-refractivity contribution in [2.75, 3.05) is 25.0 Å². The molecule has 0 N–H and O–H groups in total. The van der Waals surface area contributed by atoms with Crippen molar-refractivity contribution in [2.45, 2.75) is 37.9 Å². The van der Waals surface area contributed by atoms with Gasteiger partial charge in [-0.2, -0.15) is 0 Å². The number of hydrogen-bond donors (Lipinski definition) is 0. The van der Waals surface area contributed by atoms with Gasteiger partial charge in [0.15, 0.2) is 0 Å². The van der Waals surface area contributed by atoms with Crippen LogP contribution in [0.15, 0.2) is 84.9 Å². The summed E-state index contributed by atoms with van der Waals surface area (Å²) in [6.45, 7) is 1.50. The lowest BCUT2D eigenvalue weighted by Gasteiger charge is -2.51. The molecule has 186 valence electrons. The van der Waals surface area contributed by atoms with Crippen molar-refractivity contribution in [1.82, 2.24) is 14.7 Å². The van der Waals surface area contributed by atoms with Crippen LogP contribution in [-0.2, 0) is 6.54 Å². The normalized spacial score (nSPS) is 19.1. The van der Waals surface area contributed by atoms with Gasteiger partial charge in [0.2, 0.25) is 0 Å². The summed E-state index contributed by atoms with van der Waals surface area (Å²) in [7, 11) is 1.82. The Kier molecular flexibility index (Phi) is 7.14. The molecular formula is C29H31ClN4O2. The van der Waals surface area contributed by atoms with Crippen LogP contribution < -0.4 is 4.90 Å². The molecule has 7 heteroatoms. The molecular weight excluding hydrogens is 472 g/mol. The van der Waals surface area contributed by atoms with Crippen LogP contribution in [0.3, 0.4) is 0 Å². The summed E-state index contributed by atoms with van der Waals surface area (Å²) in [5.74, 6) is 0. The first kappa shape index (κ1) is 24.2. The number of hydrogen-bond acceptors (Lipinski definition) is 2. The zero-order chi connectivity index (χ0) is 25.1. The van der Waals surface area contributed by atoms with Crippen molar-refractivity contribution in [3.63, 3.8) is 0 Å². The fourth-order valence-electron chi connectivity index (χ4n) is 5.39. The average Bonchev–Trinajstić information content (AvgIpc) is 2.90. The second-order valence-electron chi connectivity index (χ2n) is 9.57. The highest BCUT2D eigenvalue weighted by molar-refractivity contribution is 6.31. The second-order valence-corrected chi connectivity index (χ2v) is 9.98. The van der Waals surface area contributed by atoms with Crippen LogP contribution in [0.25, 0.3) is 0 Å². The van der Waals surface area contributed by atoms with Crippen LogP contribution in [0.5, 0.6) is 0 Å². The number of urea groups is 2. The molecule has 0 unspecified atom stereocenters. The minimum Gasteiger partial charge on any atom is -0.323 e. The van der Waals surface area contributed by atoms with Gasteiger partial charge in [-0.15, -0.1) is 0 Å². The molecule has 0 radical (unpaired) electrons. The molecule has 0 aliphatic carbocycles. The first-order valence-corrected chi connectivity index (χ1v) is 12.9. The van der Waals surface area contributed by atoms with Gasteiger partial charge < -0.3 is 14.7 Å². The molecule has 36 heavy (non-hydrogen) atoms. The monoisotopic (exact) mass is 502 g/mol. The molecule has 3 aromatic carbocycles. The third-order valence-corrected chi connectivity index (χ3v) is 7.50. The number of carbonyl (C=O) groups is 2. The van der Waals surface area contributed by atoms with E-state index in [2.05, 4.69) is 0 Å². The zero-order valence-electron chi connectivity index (χ0n) is 20.5. The van der Waals surface area contributed by atoms with E-state index in [0.29, 0.717) is 24.7 Å². The van der Waals surface area contributed by atoms with Crippen molar-refractivity contribution in [3.8, 4) is 0 Å². The van der Waals surface area contributed by atoms with Crippen molar-refractivity contribution in [3.05, 3.63) is 95.5 Å². The van der Waals surface area contributed by atoms with Gasteiger partial charge in [-0.3, -0.25) is 4.90 Å². The van der Waals surface area contributed by atoms with E-state index in [9.17, 15) is 9.59 Å². The van der Waals surface area contributed by atoms with E-state index in [-0.39, 0.29) is 24.1 Å². The highest BCUT2D eigenvalue weighted by Crippen LogP contribution is 2.33. The number of rotatable bonds is 4. The molecule has 0 aromatic heterocycles. The van der Waals surface area contributed by atoms with Gasteiger partial charge in [-0.05, 0) is 55.2 Å². The van der Waals surface area contributed by atoms with E-state index >= 15 is 0 Å². The maximum atomic E-state index is 13.9. The molecule has 2 aliphatic rings. The first-order valence-electron chi connectivity index (χ1n) is 12.5. The van der Waals surface area contributed by atoms with Gasteiger partial charge in [0.05, 0.1) is 23.5 Å². The molecule has 4 amide bonds. The van der Waals surface area contributed by atoms with Crippen LogP contribution in [-0.4, -0.2) is 59.0 Å². The van der Waals surface area contributed by atoms with Gasteiger partial charge in [0.1, 0.15) is 0 Å². The quantitative estimate of drug-likeness (QED) is 0.415. The number of fused-ring (bicyclic) bond motifs is 2. The highest BCUT2D eigenvalue weighted by Gasteiger charge is 2.43. The highest BCUT2D eigenvalue weighted by atomic mass is 35.5. The van der Waals surface area contributed by atoms with Gasteiger partial charge in [-0.1, -0.05) is 66.2 Å². The summed E-state index contributed by atoms with van der Waals surface area (Å²) in [6.07, 6.45) is 2.85. The van der Waals surface area contributed by atoms with Gasteiger partial charge in [-0.25, -0.2) is 9.59 Å². The predicted octanol–water partition coefficient (Wildman–Crippen LogP) is 6.39.